The molecule has 1 aromatic carbocycles. The number of halogens is 3. The van der Waals surface area contributed by atoms with Gasteiger partial charge in [0.25, 0.3) is 0 Å². The van der Waals surface area contributed by atoms with Gasteiger partial charge >= 0.3 is 6.18 Å². The fourth-order valence-electron chi connectivity index (χ4n) is 2.63. The number of hydrogen-bond acceptors (Lipinski definition) is 2. The highest BCUT2D eigenvalue weighted by molar-refractivity contribution is 5.80. The molecule has 0 spiro atoms. The van der Waals surface area contributed by atoms with E-state index in [1.165, 1.54) is 10.7 Å². The van der Waals surface area contributed by atoms with Crippen LogP contribution in [0.25, 0.3) is 5.69 Å². The first-order valence-electron chi connectivity index (χ1n) is 8.45. The van der Waals surface area contributed by atoms with Gasteiger partial charge < -0.3 is 10.6 Å². The van der Waals surface area contributed by atoms with Gasteiger partial charge in [0, 0.05) is 12.2 Å². The molecule has 0 bridgehead atoms. The summed E-state index contributed by atoms with van der Waals surface area (Å²) in [6, 6.07) is 5.96. The number of rotatable bonds is 5. The highest BCUT2D eigenvalue weighted by atomic mass is 19.4. The Bertz CT molecular complexity index is 859. The topological polar surface area (TPSA) is 54.2 Å². The van der Waals surface area contributed by atoms with Crippen LogP contribution in [0.15, 0.2) is 29.3 Å². The van der Waals surface area contributed by atoms with Crippen molar-refractivity contribution in [2.45, 2.75) is 33.5 Å². The van der Waals surface area contributed by atoms with Crippen LogP contribution >= 0.6 is 0 Å². The molecule has 2 aromatic rings. The molecule has 0 aliphatic rings. The van der Waals surface area contributed by atoms with Crippen molar-refractivity contribution in [1.29, 1.82) is 0 Å². The Morgan fingerprint density at radius 1 is 1.26 bits per heavy atom. The van der Waals surface area contributed by atoms with Gasteiger partial charge in [-0.15, -0.1) is 6.42 Å². The highest BCUT2D eigenvalue weighted by Gasteiger charge is 2.33. The molecule has 0 aliphatic heterocycles. The summed E-state index contributed by atoms with van der Waals surface area (Å²) in [4.78, 5) is 4.20. The quantitative estimate of drug-likeness (QED) is 0.478. The molecule has 27 heavy (non-hydrogen) atoms. The number of guanidine groups is 1. The van der Waals surface area contributed by atoms with Gasteiger partial charge in [-0.05, 0) is 44.5 Å². The number of alkyl halides is 3. The van der Waals surface area contributed by atoms with Crippen molar-refractivity contribution in [3.63, 3.8) is 0 Å². The number of benzene rings is 1. The minimum atomic E-state index is -4.50. The van der Waals surface area contributed by atoms with E-state index in [0.717, 1.165) is 17.5 Å². The third-order valence-corrected chi connectivity index (χ3v) is 3.76. The van der Waals surface area contributed by atoms with E-state index < -0.39 is 11.7 Å². The van der Waals surface area contributed by atoms with E-state index >= 15 is 0 Å². The van der Waals surface area contributed by atoms with Crippen molar-refractivity contribution >= 4 is 5.96 Å². The lowest BCUT2D eigenvalue weighted by atomic mass is 10.1. The maximum Gasteiger partial charge on any atom is 0.416 e. The minimum Gasteiger partial charge on any atom is -0.357 e. The predicted molar refractivity (Wildman–Crippen MR) is 99.7 cm³/mol. The summed E-state index contributed by atoms with van der Waals surface area (Å²) in [6.45, 7) is 6.12. The summed E-state index contributed by atoms with van der Waals surface area (Å²) in [5, 5.41) is 10.0. The molecule has 2 rings (SSSR count). The van der Waals surface area contributed by atoms with Crippen molar-refractivity contribution in [2.24, 2.45) is 4.99 Å². The SMILES string of the molecule is C#CCNC(=NCc1ccc(-n2nc(C)cc2C)cc1C(F)(F)F)NCC. The standard InChI is InChI=1S/C19H22F3N5/c1-5-9-24-18(23-6-2)25-12-15-7-8-16(11-17(15)19(20,21)22)27-14(4)10-13(3)26-27/h1,7-8,10-11H,6,9,12H2,2-4H3,(H2,23,24,25). The Kier molecular flexibility index (Phi) is 6.50. The number of aryl methyl sites for hydroxylation is 2. The van der Waals surface area contributed by atoms with Crippen molar-refractivity contribution in [1.82, 2.24) is 20.4 Å². The van der Waals surface area contributed by atoms with Crippen LogP contribution in [-0.4, -0.2) is 28.8 Å². The zero-order valence-corrected chi connectivity index (χ0v) is 15.5. The third-order valence-electron chi connectivity index (χ3n) is 3.76. The van der Waals surface area contributed by atoms with Gasteiger partial charge in [-0.1, -0.05) is 12.0 Å². The number of nitrogens with one attached hydrogen (secondary N) is 2. The first-order chi connectivity index (χ1) is 12.8. The first-order valence-corrected chi connectivity index (χ1v) is 8.45. The molecule has 0 unspecified atom stereocenters. The lowest BCUT2D eigenvalue weighted by Crippen LogP contribution is -2.37. The van der Waals surface area contributed by atoms with Gasteiger partial charge in [0.1, 0.15) is 0 Å². The Balaban J connectivity index is 2.39. The molecule has 0 amide bonds. The van der Waals surface area contributed by atoms with Crippen LogP contribution in [0.1, 0.15) is 29.4 Å². The fraction of sp³-hybridized carbons (Fsp3) is 0.368. The number of aliphatic imine (C=N–C) groups is 1. The normalized spacial score (nSPS) is 12.0. The average molecular weight is 377 g/mol. The first kappa shape index (κ1) is 20.4. The second kappa shape index (κ2) is 8.62. The minimum absolute atomic E-state index is 0.0747. The highest BCUT2D eigenvalue weighted by Crippen LogP contribution is 2.34. The summed E-state index contributed by atoms with van der Waals surface area (Å²) in [5.74, 6) is 2.77. The van der Waals surface area contributed by atoms with Gasteiger partial charge in [-0.25, -0.2) is 9.67 Å². The molecule has 5 nitrogen and oxygen atoms in total. The van der Waals surface area contributed by atoms with E-state index in [1.807, 2.05) is 13.0 Å². The molecule has 0 atom stereocenters. The van der Waals surface area contributed by atoms with Gasteiger partial charge in [-0.2, -0.15) is 18.3 Å². The monoisotopic (exact) mass is 377 g/mol. The molecule has 0 saturated heterocycles. The molecule has 8 heteroatoms. The van der Waals surface area contributed by atoms with E-state index in [1.54, 1.807) is 19.9 Å². The number of terminal acetylenes is 1. The maximum absolute atomic E-state index is 13.6. The van der Waals surface area contributed by atoms with Crippen molar-refractivity contribution in [3.8, 4) is 18.0 Å². The van der Waals surface area contributed by atoms with Gasteiger partial charge in [0.05, 0.1) is 30.0 Å². The van der Waals surface area contributed by atoms with E-state index in [9.17, 15) is 13.2 Å². The van der Waals surface area contributed by atoms with Crippen molar-refractivity contribution in [3.05, 3.63) is 46.8 Å². The smallest absolute Gasteiger partial charge is 0.357 e. The average Bonchev–Trinajstić information content (AvgIpc) is 2.94. The zero-order valence-electron chi connectivity index (χ0n) is 15.5. The van der Waals surface area contributed by atoms with Gasteiger partial charge in [-0.3, -0.25) is 0 Å². The molecule has 1 heterocycles. The van der Waals surface area contributed by atoms with E-state index in [0.29, 0.717) is 18.2 Å². The predicted octanol–water partition coefficient (Wildman–Crippen LogP) is 3.20. The number of hydrogen-bond donors (Lipinski definition) is 2. The summed E-state index contributed by atoms with van der Waals surface area (Å²) in [6.07, 6.45) is 0.697. The van der Waals surface area contributed by atoms with Crippen LogP contribution in [0.2, 0.25) is 0 Å². The van der Waals surface area contributed by atoms with Crippen molar-refractivity contribution < 1.29 is 13.2 Å². The molecule has 0 saturated carbocycles. The molecule has 0 fully saturated rings. The number of nitrogens with zero attached hydrogens (tertiary/aromatic N) is 3. The van der Waals surface area contributed by atoms with Crippen LogP contribution in [0.4, 0.5) is 13.2 Å². The lowest BCUT2D eigenvalue weighted by molar-refractivity contribution is -0.138. The molecular weight excluding hydrogens is 355 g/mol. The molecular formula is C19H22F3N5. The van der Waals surface area contributed by atoms with Crippen LogP contribution in [0, 0.1) is 26.2 Å². The molecule has 1 aromatic heterocycles. The molecule has 0 radical (unpaired) electrons. The Morgan fingerprint density at radius 3 is 2.56 bits per heavy atom. The molecule has 0 aliphatic carbocycles. The lowest BCUT2D eigenvalue weighted by Gasteiger charge is -2.15. The van der Waals surface area contributed by atoms with E-state index in [2.05, 4.69) is 26.6 Å². The largest absolute Gasteiger partial charge is 0.416 e. The molecule has 144 valence electrons. The van der Waals surface area contributed by atoms with Crippen LogP contribution < -0.4 is 10.6 Å². The Morgan fingerprint density at radius 2 is 2.00 bits per heavy atom. The second-order valence-corrected chi connectivity index (χ2v) is 5.93. The van der Waals surface area contributed by atoms with Gasteiger partial charge in [0.2, 0.25) is 0 Å². The fourth-order valence-corrected chi connectivity index (χ4v) is 2.63. The number of aromatic nitrogens is 2. The molecule has 2 N–H and O–H groups in total. The maximum atomic E-state index is 13.6. The summed E-state index contributed by atoms with van der Waals surface area (Å²) < 4.78 is 42.3. The van der Waals surface area contributed by atoms with Crippen LogP contribution in [0.3, 0.4) is 0 Å². The van der Waals surface area contributed by atoms with E-state index in [-0.39, 0.29) is 18.7 Å². The summed E-state index contributed by atoms with van der Waals surface area (Å²) in [7, 11) is 0. The van der Waals surface area contributed by atoms with Crippen LogP contribution in [0.5, 0.6) is 0 Å². The third kappa shape index (κ3) is 5.26. The Labute approximate surface area is 156 Å². The summed E-state index contributed by atoms with van der Waals surface area (Å²) in [5.41, 5.74) is 1.21. The second-order valence-electron chi connectivity index (χ2n) is 5.93. The summed E-state index contributed by atoms with van der Waals surface area (Å²) >= 11 is 0. The van der Waals surface area contributed by atoms with Gasteiger partial charge in [0.15, 0.2) is 5.96 Å². The van der Waals surface area contributed by atoms with Crippen molar-refractivity contribution in [2.75, 3.05) is 13.1 Å². The van der Waals surface area contributed by atoms with E-state index in [4.69, 9.17) is 6.42 Å². The van der Waals surface area contributed by atoms with Crippen LogP contribution in [-0.2, 0) is 12.7 Å². The zero-order chi connectivity index (χ0) is 20.0. The Hall–Kier alpha value is -2.95.